The molecule has 0 bridgehead atoms. The van der Waals surface area contributed by atoms with E-state index in [1.807, 2.05) is 27.7 Å². The lowest BCUT2D eigenvalue weighted by Gasteiger charge is -2.33. The number of benzene rings is 1. The average molecular weight is 552 g/mol. The lowest BCUT2D eigenvalue weighted by molar-refractivity contribution is -0.169. The summed E-state index contributed by atoms with van der Waals surface area (Å²) in [4.78, 5) is 50.5. The maximum atomic E-state index is 12.8. The van der Waals surface area contributed by atoms with Gasteiger partial charge in [0, 0.05) is 12.5 Å². The predicted octanol–water partition coefficient (Wildman–Crippen LogP) is 5.35. The third-order valence-corrected chi connectivity index (χ3v) is 6.14. The SMILES string of the molecule is CC(C)N[C@@](Cc1ccc(OC(=O)C(C)C(C)C)c(OC(=O)C(C)C(C)C)c1)(OC(=O)OC(C)(C)C)C(=O)O. The molecule has 0 radical (unpaired) electrons. The Labute approximate surface area is 231 Å². The van der Waals surface area contributed by atoms with Crippen LogP contribution in [0.2, 0.25) is 0 Å². The lowest BCUT2D eigenvalue weighted by Crippen LogP contribution is -2.59. The first-order valence-electron chi connectivity index (χ1n) is 13.3. The van der Waals surface area contributed by atoms with E-state index < -0.39 is 53.3 Å². The molecule has 0 heterocycles. The second-order valence-electron chi connectivity index (χ2n) is 11.9. The molecule has 0 fully saturated rings. The van der Waals surface area contributed by atoms with E-state index >= 15 is 0 Å². The fourth-order valence-corrected chi connectivity index (χ4v) is 3.24. The zero-order valence-corrected chi connectivity index (χ0v) is 25.0. The highest BCUT2D eigenvalue weighted by Crippen LogP contribution is 2.33. The quantitative estimate of drug-likeness (QED) is 0.198. The molecule has 0 aromatic heterocycles. The van der Waals surface area contributed by atoms with E-state index in [9.17, 15) is 24.3 Å². The van der Waals surface area contributed by atoms with Gasteiger partial charge in [-0.15, -0.1) is 0 Å². The molecule has 0 aliphatic carbocycles. The first-order chi connectivity index (χ1) is 17.8. The monoisotopic (exact) mass is 551 g/mol. The van der Waals surface area contributed by atoms with Crippen molar-refractivity contribution >= 4 is 24.1 Å². The molecule has 39 heavy (non-hydrogen) atoms. The molecule has 10 nitrogen and oxygen atoms in total. The number of hydrogen-bond acceptors (Lipinski definition) is 9. The number of carbonyl (C=O) groups excluding carboxylic acids is 3. The smallest absolute Gasteiger partial charge is 0.477 e. The summed E-state index contributed by atoms with van der Waals surface area (Å²) in [5.74, 6) is -3.37. The van der Waals surface area contributed by atoms with Gasteiger partial charge in [-0.2, -0.15) is 0 Å². The Balaban J connectivity index is 3.53. The average Bonchev–Trinajstić information content (AvgIpc) is 2.77. The van der Waals surface area contributed by atoms with Gasteiger partial charge in [-0.05, 0) is 64.2 Å². The Bertz CT molecular complexity index is 1030. The number of rotatable bonds is 12. The summed E-state index contributed by atoms with van der Waals surface area (Å²) in [6, 6.07) is 3.96. The highest BCUT2D eigenvalue weighted by Gasteiger charge is 2.45. The molecule has 2 N–H and O–H groups in total. The van der Waals surface area contributed by atoms with E-state index in [-0.39, 0.29) is 29.8 Å². The summed E-state index contributed by atoms with van der Waals surface area (Å²) in [7, 11) is 0. The fraction of sp³-hybridized carbons (Fsp3) is 0.655. The number of aliphatic carboxylic acids is 1. The van der Waals surface area contributed by atoms with Gasteiger partial charge in [0.25, 0.3) is 5.72 Å². The number of carbonyl (C=O) groups is 4. The molecule has 0 saturated carbocycles. The summed E-state index contributed by atoms with van der Waals surface area (Å²) in [6.45, 7) is 19.3. The van der Waals surface area contributed by atoms with Gasteiger partial charge >= 0.3 is 24.1 Å². The van der Waals surface area contributed by atoms with Gasteiger partial charge < -0.3 is 24.1 Å². The van der Waals surface area contributed by atoms with Crippen molar-refractivity contribution in [2.75, 3.05) is 0 Å². The number of carboxylic acid groups (broad SMARTS) is 1. The van der Waals surface area contributed by atoms with Crippen molar-refractivity contribution in [2.24, 2.45) is 23.7 Å². The van der Waals surface area contributed by atoms with Crippen LogP contribution in [0, 0.1) is 23.7 Å². The van der Waals surface area contributed by atoms with Crippen LogP contribution in [-0.2, 0) is 30.3 Å². The molecular formula is C29H45NO9. The van der Waals surface area contributed by atoms with Crippen LogP contribution in [0.1, 0.15) is 81.7 Å². The van der Waals surface area contributed by atoms with Crippen LogP contribution in [0.15, 0.2) is 18.2 Å². The molecule has 0 saturated heterocycles. The third kappa shape index (κ3) is 10.5. The van der Waals surface area contributed by atoms with E-state index in [0.29, 0.717) is 5.56 Å². The second kappa shape index (κ2) is 13.8. The van der Waals surface area contributed by atoms with Crippen LogP contribution < -0.4 is 14.8 Å². The summed E-state index contributed by atoms with van der Waals surface area (Å²) < 4.78 is 21.8. The minimum absolute atomic E-state index is 0.00947. The van der Waals surface area contributed by atoms with Crippen LogP contribution in [0.5, 0.6) is 11.5 Å². The van der Waals surface area contributed by atoms with E-state index in [1.165, 1.54) is 18.2 Å². The van der Waals surface area contributed by atoms with Gasteiger partial charge in [0.15, 0.2) is 11.5 Å². The lowest BCUT2D eigenvalue weighted by atomic mass is 9.98. The predicted molar refractivity (Wildman–Crippen MR) is 145 cm³/mol. The van der Waals surface area contributed by atoms with Gasteiger partial charge in [0.05, 0.1) is 11.8 Å². The molecule has 220 valence electrons. The van der Waals surface area contributed by atoms with E-state index in [2.05, 4.69) is 5.32 Å². The highest BCUT2D eigenvalue weighted by molar-refractivity contribution is 5.81. The number of nitrogens with one attached hydrogen (secondary N) is 1. The van der Waals surface area contributed by atoms with Crippen molar-refractivity contribution < 1.29 is 43.2 Å². The van der Waals surface area contributed by atoms with Crippen LogP contribution in [0.25, 0.3) is 0 Å². The van der Waals surface area contributed by atoms with Gasteiger partial charge in [0.1, 0.15) is 5.60 Å². The van der Waals surface area contributed by atoms with Crippen molar-refractivity contribution in [3.8, 4) is 11.5 Å². The van der Waals surface area contributed by atoms with Crippen molar-refractivity contribution in [1.29, 1.82) is 0 Å². The highest BCUT2D eigenvalue weighted by atomic mass is 16.8. The van der Waals surface area contributed by atoms with Crippen molar-refractivity contribution in [3.63, 3.8) is 0 Å². The number of carboxylic acids is 1. The van der Waals surface area contributed by atoms with Crippen LogP contribution in [0.4, 0.5) is 4.79 Å². The van der Waals surface area contributed by atoms with Gasteiger partial charge in [-0.1, -0.05) is 47.6 Å². The number of ether oxygens (including phenoxy) is 4. The fourth-order valence-electron chi connectivity index (χ4n) is 3.24. The van der Waals surface area contributed by atoms with Crippen molar-refractivity contribution in [2.45, 2.75) is 99.9 Å². The Hall–Kier alpha value is -3.14. The summed E-state index contributed by atoms with van der Waals surface area (Å²) in [5.41, 5.74) is -2.77. The minimum atomic E-state index is -2.20. The van der Waals surface area contributed by atoms with E-state index in [4.69, 9.17) is 18.9 Å². The first kappa shape index (κ1) is 33.9. The Kier molecular flexibility index (Phi) is 12.0. The van der Waals surface area contributed by atoms with E-state index in [1.54, 1.807) is 48.5 Å². The summed E-state index contributed by atoms with van der Waals surface area (Å²) in [5, 5.41) is 13.0. The number of hydrogen-bond donors (Lipinski definition) is 2. The second-order valence-corrected chi connectivity index (χ2v) is 11.9. The van der Waals surface area contributed by atoms with Crippen LogP contribution in [0.3, 0.4) is 0 Å². The van der Waals surface area contributed by atoms with Crippen LogP contribution in [-0.4, -0.2) is 46.5 Å². The Morgan fingerprint density at radius 1 is 0.795 bits per heavy atom. The van der Waals surface area contributed by atoms with Gasteiger partial charge in [-0.3, -0.25) is 14.9 Å². The topological polar surface area (TPSA) is 137 Å². The summed E-state index contributed by atoms with van der Waals surface area (Å²) in [6.07, 6.45) is -1.51. The molecule has 0 aliphatic heterocycles. The normalized spacial score (nSPS) is 14.9. The molecule has 1 aromatic carbocycles. The Morgan fingerprint density at radius 2 is 1.28 bits per heavy atom. The standard InChI is InChI=1S/C29H45NO9/c1-16(2)19(7)24(31)36-22-13-12-21(14-23(22)37-25(32)20(8)17(3)4)15-29(26(33)34,30-18(5)6)39-27(35)38-28(9,10)11/h12-14,16-20,30H,15H2,1-11H3,(H,33,34)/t19?,20?,29-/m0/s1. The molecule has 0 spiro atoms. The molecule has 3 atom stereocenters. The van der Waals surface area contributed by atoms with Crippen molar-refractivity contribution in [3.05, 3.63) is 23.8 Å². The molecular weight excluding hydrogens is 506 g/mol. The first-order valence-corrected chi connectivity index (χ1v) is 13.3. The molecule has 2 unspecified atom stereocenters. The van der Waals surface area contributed by atoms with E-state index in [0.717, 1.165) is 0 Å². The molecule has 0 aliphatic rings. The molecule has 0 amide bonds. The zero-order chi connectivity index (χ0) is 30.3. The zero-order valence-electron chi connectivity index (χ0n) is 25.0. The largest absolute Gasteiger partial charge is 0.511 e. The molecule has 1 rings (SSSR count). The molecule has 1 aromatic rings. The van der Waals surface area contributed by atoms with Gasteiger partial charge in [0.2, 0.25) is 0 Å². The minimum Gasteiger partial charge on any atom is -0.477 e. The maximum absolute atomic E-state index is 12.8. The van der Waals surface area contributed by atoms with Crippen LogP contribution >= 0.6 is 0 Å². The number of esters is 2. The third-order valence-electron chi connectivity index (χ3n) is 6.14. The van der Waals surface area contributed by atoms with Crippen molar-refractivity contribution in [1.82, 2.24) is 5.32 Å². The molecule has 10 heteroatoms. The summed E-state index contributed by atoms with van der Waals surface area (Å²) >= 11 is 0. The Morgan fingerprint density at radius 3 is 1.69 bits per heavy atom. The maximum Gasteiger partial charge on any atom is 0.511 e. The van der Waals surface area contributed by atoms with Gasteiger partial charge in [-0.25, -0.2) is 9.59 Å².